The predicted molar refractivity (Wildman–Crippen MR) is 128 cm³/mol. The van der Waals surface area contributed by atoms with Crippen LogP contribution < -0.4 is 10.6 Å². The molecule has 0 radical (unpaired) electrons. The second kappa shape index (κ2) is 10.4. The number of fused-ring (bicyclic) bond motifs is 2. The molecule has 4 rings (SSSR count). The summed E-state index contributed by atoms with van der Waals surface area (Å²) < 4.78 is 10.9. The molecule has 1 atom stereocenters. The molecule has 1 aromatic carbocycles. The van der Waals surface area contributed by atoms with Gasteiger partial charge in [0.25, 0.3) is 0 Å². The number of piperazine rings is 1. The number of rotatable bonds is 7. The molecule has 2 aliphatic heterocycles. The van der Waals surface area contributed by atoms with Crippen molar-refractivity contribution in [2.75, 3.05) is 58.5 Å². The van der Waals surface area contributed by atoms with Crippen LogP contribution >= 0.6 is 11.3 Å². The van der Waals surface area contributed by atoms with Crippen molar-refractivity contribution in [3.8, 4) is 0 Å². The minimum Gasteiger partial charge on any atom is -0.465 e. The number of carbonyl (C=O) groups is 1. The summed E-state index contributed by atoms with van der Waals surface area (Å²) in [6, 6.07) is 9.97. The number of nitrogens with zero attached hydrogens (tertiary/aromatic N) is 3. The molecule has 0 amide bonds. The third-order valence-corrected chi connectivity index (χ3v) is 6.59. The van der Waals surface area contributed by atoms with Crippen LogP contribution in [-0.2, 0) is 14.3 Å². The Labute approximate surface area is 193 Å². The Hall–Kier alpha value is -2.46. The maximum absolute atomic E-state index is 11.9. The zero-order chi connectivity index (χ0) is 22.5. The Morgan fingerprint density at radius 2 is 2.06 bits per heavy atom. The number of likely N-dealkylation sites (N-methyl/N-ethyl adjacent to an activating group) is 1. The first-order chi connectivity index (χ1) is 15.6. The van der Waals surface area contributed by atoms with Crippen molar-refractivity contribution in [2.24, 2.45) is 4.99 Å². The monoisotopic (exact) mass is 457 g/mol. The number of para-hydroxylation sites is 2. The van der Waals surface area contributed by atoms with E-state index >= 15 is 0 Å². The van der Waals surface area contributed by atoms with Gasteiger partial charge in [0.05, 0.1) is 36.9 Å². The number of esters is 1. The van der Waals surface area contributed by atoms with Crippen LogP contribution in [0.4, 0.5) is 16.4 Å². The summed E-state index contributed by atoms with van der Waals surface area (Å²) in [6.07, 6.45) is 0. The first-order valence-corrected chi connectivity index (χ1v) is 11.8. The summed E-state index contributed by atoms with van der Waals surface area (Å²) in [7, 11) is 1.74. The number of ether oxygens (including phenoxy) is 2. The molecule has 0 saturated carbocycles. The summed E-state index contributed by atoms with van der Waals surface area (Å²) in [5.74, 6) is 0.752. The summed E-state index contributed by atoms with van der Waals surface area (Å²) in [4.78, 5) is 22.8. The van der Waals surface area contributed by atoms with Gasteiger partial charge in [0, 0.05) is 31.1 Å². The summed E-state index contributed by atoms with van der Waals surface area (Å²) >= 11 is 1.76. The number of nitrogens with one attached hydrogen (secondary N) is 2. The van der Waals surface area contributed by atoms with E-state index in [2.05, 4.69) is 45.6 Å². The molecule has 1 fully saturated rings. The Balaban J connectivity index is 1.37. The molecule has 2 N–H and O–H groups in total. The SMILES string of the molecule is CCOC(=O)C(COCN1CCN(C2=Nc3ccccc3Nc3sc(C)cc32)CC1)NC. The molecule has 3 heterocycles. The topological polar surface area (TPSA) is 78.4 Å². The highest BCUT2D eigenvalue weighted by Gasteiger charge is 2.26. The average molecular weight is 458 g/mol. The maximum Gasteiger partial charge on any atom is 0.325 e. The molecule has 172 valence electrons. The van der Waals surface area contributed by atoms with Crippen LogP contribution in [0.5, 0.6) is 0 Å². The van der Waals surface area contributed by atoms with Gasteiger partial charge in [0.1, 0.15) is 16.9 Å². The molecule has 9 heteroatoms. The zero-order valence-electron chi connectivity index (χ0n) is 18.9. The Morgan fingerprint density at radius 1 is 1.28 bits per heavy atom. The highest BCUT2D eigenvalue weighted by Crippen LogP contribution is 2.39. The van der Waals surface area contributed by atoms with Gasteiger partial charge < -0.3 is 25.0 Å². The van der Waals surface area contributed by atoms with Crippen molar-refractivity contribution < 1.29 is 14.3 Å². The number of hydrogen-bond donors (Lipinski definition) is 2. The summed E-state index contributed by atoms with van der Waals surface area (Å²) in [5, 5.41) is 7.67. The summed E-state index contributed by atoms with van der Waals surface area (Å²) in [5.41, 5.74) is 3.17. The molecule has 32 heavy (non-hydrogen) atoms. The van der Waals surface area contributed by atoms with Crippen LogP contribution in [0.25, 0.3) is 0 Å². The van der Waals surface area contributed by atoms with Crippen molar-refractivity contribution in [1.29, 1.82) is 0 Å². The molecule has 0 spiro atoms. The van der Waals surface area contributed by atoms with Gasteiger partial charge in [-0.2, -0.15) is 0 Å². The van der Waals surface area contributed by atoms with Gasteiger partial charge in [-0.25, -0.2) is 4.99 Å². The molecular weight excluding hydrogens is 426 g/mol. The van der Waals surface area contributed by atoms with Crippen molar-refractivity contribution in [1.82, 2.24) is 15.1 Å². The van der Waals surface area contributed by atoms with Gasteiger partial charge in [0.15, 0.2) is 0 Å². The smallest absolute Gasteiger partial charge is 0.325 e. The van der Waals surface area contributed by atoms with Crippen LogP contribution in [-0.4, -0.2) is 80.8 Å². The number of thiophene rings is 1. The van der Waals surface area contributed by atoms with E-state index in [1.807, 2.05) is 12.1 Å². The maximum atomic E-state index is 11.9. The molecule has 0 bridgehead atoms. The van der Waals surface area contributed by atoms with E-state index in [0.29, 0.717) is 19.9 Å². The lowest BCUT2D eigenvalue weighted by atomic mass is 10.2. The largest absolute Gasteiger partial charge is 0.465 e. The van der Waals surface area contributed by atoms with Crippen molar-refractivity contribution in [2.45, 2.75) is 19.9 Å². The van der Waals surface area contributed by atoms with Crippen molar-refractivity contribution >= 4 is 39.5 Å². The van der Waals surface area contributed by atoms with E-state index in [4.69, 9.17) is 14.5 Å². The second-order valence-corrected chi connectivity index (χ2v) is 9.13. The van der Waals surface area contributed by atoms with E-state index in [1.165, 1.54) is 10.4 Å². The van der Waals surface area contributed by atoms with E-state index in [1.54, 1.807) is 25.3 Å². The second-order valence-electron chi connectivity index (χ2n) is 7.88. The van der Waals surface area contributed by atoms with Crippen molar-refractivity contribution in [3.63, 3.8) is 0 Å². The molecule has 1 aromatic heterocycles. The minimum absolute atomic E-state index is 0.276. The van der Waals surface area contributed by atoms with Crippen LogP contribution in [0.1, 0.15) is 17.4 Å². The third kappa shape index (κ3) is 5.12. The van der Waals surface area contributed by atoms with Crippen LogP contribution in [0.15, 0.2) is 35.3 Å². The molecule has 2 aliphatic rings. The van der Waals surface area contributed by atoms with E-state index < -0.39 is 6.04 Å². The first kappa shape index (κ1) is 22.7. The Morgan fingerprint density at radius 3 is 2.81 bits per heavy atom. The molecular formula is C23H31N5O3S. The van der Waals surface area contributed by atoms with Gasteiger partial charge in [-0.1, -0.05) is 12.1 Å². The first-order valence-electron chi connectivity index (χ1n) is 11.0. The van der Waals surface area contributed by atoms with E-state index in [0.717, 1.165) is 48.4 Å². The third-order valence-electron chi connectivity index (χ3n) is 5.62. The van der Waals surface area contributed by atoms with Gasteiger partial charge in [-0.3, -0.25) is 9.69 Å². The zero-order valence-corrected chi connectivity index (χ0v) is 19.7. The number of benzene rings is 1. The summed E-state index contributed by atoms with van der Waals surface area (Å²) in [6.45, 7) is 8.57. The van der Waals surface area contributed by atoms with E-state index in [-0.39, 0.29) is 5.97 Å². The highest BCUT2D eigenvalue weighted by atomic mass is 32.1. The van der Waals surface area contributed by atoms with Gasteiger partial charge >= 0.3 is 5.97 Å². The van der Waals surface area contributed by atoms with Gasteiger partial charge in [-0.05, 0) is 39.1 Å². The number of aliphatic imine (C=N–C) groups is 1. The number of amidine groups is 1. The lowest BCUT2D eigenvalue weighted by Gasteiger charge is -2.36. The quantitative estimate of drug-likeness (QED) is 0.619. The molecule has 1 saturated heterocycles. The van der Waals surface area contributed by atoms with Crippen LogP contribution in [0.3, 0.4) is 0 Å². The average Bonchev–Trinajstić information content (AvgIpc) is 3.09. The van der Waals surface area contributed by atoms with E-state index in [9.17, 15) is 4.79 Å². The fourth-order valence-electron chi connectivity index (χ4n) is 3.89. The number of anilines is 2. The lowest BCUT2D eigenvalue weighted by molar-refractivity contribution is -0.147. The number of hydrogen-bond acceptors (Lipinski definition) is 9. The van der Waals surface area contributed by atoms with Crippen LogP contribution in [0.2, 0.25) is 0 Å². The fourth-order valence-corrected chi connectivity index (χ4v) is 4.81. The molecule has 8 nitrogen and oxygen atoms in total. The van der Waals surface area contributed by atoms with Crippen molar-refractivity contribution in [3.05, 3.63) is 40.8 Å². The minimum atomic E-state index is -0.440. The van der Waals surface area contributed by atoms with Gasteiger partial charge in [-0.15, -0.1) is 11.3 Å². The highest BCUT2D eigenvalue weighted by molar-refractivity contribution is 7.16. The Bertz CT molecular complexity index is 968. The predicted octanol–water partition coefficient (Wildman–Crippen LogP) is 2.93. The standard InChI is InChI=1S/C23H31N5O3S/c1-4-31-23(29)20(24-3)14-30-15-27-9-11-28(12-10-27)21-17-13-16(2)32-22(17)26-19-8-6-5-7-18(19)25-21/h5-8,13,20,24,26H,4,9-12,14-15H2,1-3H3. The van der Waals surface area contributed by atoms with Crippen LogP contribution in [0, 0.1) is 6.92 Å². The van der Waals surface area contributed by atoms with Gasteiger partial charge in [0.2, 0.25) is 0 Å². The Kier molecular flexibility index (Phi) is 7.41. The molecule has 1 unspecified atom stereocenters. The molecule has 0 aliphatic carbocycles. The number of aryl methyl sites for hydroxylation is 1. The molecule has 2 aromatic rings. The lowest BCUT2D eigenvalue weighted by Crippen LogP contribution is -2.50. The number of carbonyl (C=O) groups excluding carboxylic acids is 1. The fraction of sp³-hybridized carbons (Fsp3) is 0.478. The normalized spacial score (nSPS) is 17.0.